The first kappa shape index (κ1) is 18.2. The van der Waals surface area contributed by atoms with Gasteiger partial charge in [-0.1, -0.05) is 11.8 Å². The molecule has 2 fully saturated rings. The van der Waals surface area contributed by atoms with Crippen LogP contribution in [0.1, 0.15) is 6.42 Å². The normalized spacial score (nSPS) is 25.6. The molecule has 28 heavy (non-hydrogen) atoms. The number of nitrogens with two attached hydrogens (primary N) is 1. The molecule has 4 heterocycles. The van der Waals surface area contributed by atoms with Crippen LogP contribution in [0.3, 0.4) is 0 Å². The molecule has 2 saturated heterocycles. The molecule has 4 N–H and O–H groups in total. The Labute approximate surface area is 161 Å². The second-order valence-electron chi connectivity index (χ2n) is 6.67. The van der Waals surface area contributed by atoms with E-state index in [2.05, 4.69) is 15.5 Å². The molecule has 1 aromatic heterocycles. The minimum absolute atomic E-state index is 0.115. The number of aromatic nitrogens is 4. The number of tetrazole rings is 1. The smallest absolute Gasteiger partial charge is 0.408 e. The van der Waals surface area contributed by atoms with Gasteiger partial charge in [-0.05, 0) is 22.4 Å². The molecule has 14 heteroatoms. The van der Waals surface area contributed by atoms with Gasteiger partial charge in [-0.3, -0.25) is 19.4 Å². The average Bonchev–Trinajstić information content (AvgIpc) is 3.20. The minimum atomic E-state index is -1.24. The van der Waals surface area contributed by atoms with Crippen molar-refractivity contribution in [1.29, 1.82) is 0 Å². The second kappa shape index (κ2) is 6.47. The number of amides is 3. The van der Waals surface area contributed by atoms with E-state index in [-0.39, 0.29) is 35.6 Å². The Morgan fingerprint density at radius 1 is 1.29 bits per heavy atom. The highest BCUT2D eigenvalue weighted by Gasteiger charge is 2.64. The predicted octanol–water partition coefficient (Wildman–Crippen LogP) is -1.82. The standard InChI is InChI=1S/C14H15N7O6S/c15-7(22)3-20-13(16-17-18-20)28-4-6-1-5-2-19(14(26)27)10-8(5)21(11(10)23)9(6)12(24)25/h5,8,10H,1-4H2,(H2,15,22)(H,24,25)(H,26,27)/t5-,8-,10+/m1/s1. The molecule has 3 aliphatic rings. The summed E-state index contributed by atoms with van der Waals surface area (Å²) in [6.07, 6.45) is -0.841. The van der Waals surface area contributed by atoms with Crippen molar-refractivity contribution < 1.29 is 29.4 Å². The lowest BCUT2D eigenvalue weighted by atomic mass is 9.79. The quantitative estimate of drug-likeness (QED) is 0.357. The summed E-state index contributed by atoms with van der Waals surface area (Å²) in [5, 5.41) is 30.2. The van der Waals surface area contributed by atoms with E-state index >= 15 is 0 Å². The molecule has 0 spiro atoms. The maximum atomic E-state index is 12.5. The average molecular weight is 409 g/mol. The van der Waals surface area contributed by atoms with Gasteiger partial charge in [-0.25, -0.2) is 14.3 Å². The van der Waals surface area contributed by atoms with Gasteiger partial charge in [0, 0.05) is 18.2 Å². The van der Waals surface area contributed by atoms with Crippen LogP contribution in [0.15, 0.2) is 16.4 Å². The lowest BCUT2D eigenvalue weighted by molar-refractivity contribution is -0.156. The molecule has 3 amide bonds. The van der Waals surface area contributed by atoms with Crippen molar-refractivity contribution >= 4 is 35.6 Å². The summed E-state index contributed by atoms with van der Waals surface area (Å²) in [6.45, 7) is -0.0435. The summed E-state index contributed by atoms with van der Waals surface area (Å²) in [6, 6.07) is -1.25. The zero-order valence-corrected chi connectivity index (χ0v) is 15.1. The third-order valence-electron chi connectivity index (χ3n) is 5.07. The number of primary amides is 1. The van der Waals surface area contributed by atoms with Crippen molar-refractivity contribution in [3.05, 3.63) is 11.3 Å². The summed E-state index contributed by atoms with van der Waals surface area (Å²) >= 11 is 1.12. The predicted molar refractivity (Wildman–Crippen MR) is 89.7 cm³/mol. The first-order valence-electron chi connectivity index (χ1n) is 8.24. The van der Waals surface area contributed by atoms with Crippen LogP contribution >= 0.6 is 11.8 Å². The lowest BCUT2D eigenvalue weighted by Crippen LogP contribution is -2.69. The molecule has 0 aliphatic carbocycles. The molecule has 1 aromatic rings. The van der Waals surface area contributed by atoms with Crippen molar-refractivity contribution in [3.8, 4) is 0 Å². The van der Waals surface area contributed by atoms with E-state index in [9.17, 15) is 29.4 Å². The van der Waals surface area contributed by atoms with Crippen LogP contribution in [0.2, 0.25) is 0 Å². The fraction of sp³-hybridized carbons (Fsp3) is 0.500. The van der Waals surface area contributed by atoms with Gasteiger partial charge in [-0.2, -0.15) is 0 Å². The van der Waals surface area contributed by atoms with Gasteiger partial charge >= 0.3 is 12.1 Å². The number of rotatable bonds is 6. The van der Waals surface area contributed by atoms with E-state index in [1.165, 1.54) is 9.58 Å². The number of carboxylic acids is 1. The third kappa shape index (κ3) is 2.67. The molecule has 3 atom stereocenters. The first-order valence-corrected chi connectivity index (χ1v) is 9.23. The Balaban J connectivity index is 1.58. The topological polar surface area (TPSA) is 185 Å². The van der Waals surface area contributed by atoms with Gasteiger partial charge in [0.1, 0.15) is 18.3 Å². The van der Waals surface area contributed by atoms with Gasteiger partial charge in [0.15, 0.2) is 0 Å². The van der Waals surface area contributed by atoms with Crippen LogP contribution in [-0.2, 0) is 20.9 Å². The van der Waals surface area contributed by atoms with Gasteiger partial charge in [0.2, 0.25) is 11.1 Å². The molecule has 0 aromatic carbocycles. The van der Waals surface area contributed by atoms with Crippen molar-refractivity contribution in [1.82, 2.24) is 30.0 Å². The number of likely N-dealkylation sites (tertiary alicyclic amines) is 1. The molecule has 0 bridgehead atoms. The Kier molecular flexibility index (Phi) is 4.21. The maximum absolute atomic E-state index is 12.5. The van der Waals surface area contributed by atoms with Crippen LogP contribution < -0.4 is 5.73 Å². The Morgan fingerprint density at radius 2 is 2.04 bits per heavy atom. The zero-order valence-electron chi connectivity index (χ0n) is 14.3. The van der Waals surface area contributed by atoms with Crippen LogP contribution in [-0.4, -0.2) is 88.5 Å². The highest BCUT2D eigenvalue weighted by Crippen LogP contribution is 2.47. The summed E-state index contributed by atoms with van der Waals surface area (Å²) in [7, 11) is 0. The van der Waals surface area contributed by atoms with E-state index in [0.717, 1.165) is 16.7 Å². The summed E-state index contributed by atoms with van der Waals surface area (Å²) in [5.41, 5.74) is 5.52. The molecule has 3 aliphatic heterocycles. The van der Waals surface area contributed by atoms with Crippen LogP contribution in [0, 0.1) is 5.92 Å². The molecule has 4 rings (SSSR count). The Bertz CT molecular complexity index is 929. The number of carbonyl (C=O) groups excluding carboxylic acids is 2. The van der Waals surface area contributed by atoms with E-state index < -0.39 is 36.0 Å². The van der Waals surface area contributed by atoms with Crippen molar-refractivity contribution in [2.45, 2.75) is 30.2 Å². The van der Waals surface area contributed by atoms with Gasteiger partial charge < -0.3 is 15.9 Å². The number of carbonyl (C=O) groups is 4. The van der Waals surface area contributed by atoms with E-state index in [0.29, 0.717) is 12.0 Å². The maximum Gasteiger partial charge on any atom is 0.408 e. The number of aliphatic carboxylic acids is 1. The highest BCUT2D eigenvalue weighted by molar-refractivity contribution is 7.99. The Morgan fingerprint density at radius 3 is 2.68 bits per heavy atom. The van der Waals surface area contributed by atoms with E-state index in [4.69, 9.17) is 5.73 Å². The molecule has 0 unspecified atom stereocenters. The van der Waals surface area contributed by atoms with Crippen LogP contribution in [0.4, 0.5) is 4.79 Å². The number of hydrogen-bond donors (Lipinski definition) is 3. The van der Waals surface area contributed by atoms with E-state index in [1.807, 2.05) is 0 Å². The number of hydrogen-bond acceptors (Lipinski definition) is 8. The van der Waals surface area contributed by atoms with Gasteiger partial charge in [-0.15, -0.1) is 5.10 Å². The summed E-state index contributed by atoms with van der Waals surface area (Å²) in [4.78, 5) is 49.0. The number of thioether (sulfide) groups is 1. The monoisotopic (exact) mass is 409 g/mol. The number of carboxylic acid groups (broad SMARTS) is 2. The molecular weight excluding hydrogens is 394 g/mol. The number of β-lactam (4-membered cyclic amide) rings is 1. The second-order valence-corrected chi connectivity index (χ2v) is 7.62. The first-order chi connectivity index (χ1) is 13.3. The molecule has 0 radical (unpaired) electrons. The van der Waals surface area contributed by atoms with Crippen molar-refractivity contribution in [2.75, 3.05) is 12.3 Å². The molecule has 148 valence electrons. The molecule has 0 saturated carbocycles. The van der Waals surface area contributed by atoms with Crippen LogP contribution in [0.25, 0.3) is 0 Å². The van der Waals surface area contributed by atoms with Crippen molar-refractivity contribution in [3.63, 3.8) is 0 Å². The highest BCUT2D eigenvalue weighted by atomic mass is 32.2. The van der Waals surface area contributed by atoms with Gasteiger partial charge in [0.25, 0.3) is 5.91 Å². The van der Waals surface area contributed by atoms with E-state index in [1.54, 1.807) is 0 Å². The fourth-order valence-corrected chi connectivity index (χ4v) is 4.96. The Hall–Kier alpha value is -3.16. The lowest BCUT2D eigenvalue weighted by Gasteiger charge is -2.49. The minimum Gasteiger partial charge on any atom is -0.477 e. The van der Waals surface area contributed by atoms with Gasteiger partial charge in [0.05, 0.1) is 6.04 Å². The number of nitrogens with zero attached hydrogens (tertiary/aromatic N) is 6. The van der Waals surface area contributed by atoms with Crippen molar-refractivity contribution in [2.24, 2.45) is 11.7 Å². The molecular formula is C14H15N7O6S. The summed E-state index contributed by atoms with van der Waals surface area (Å²) < 4.78 is 1.20. The third-order valence-corrected chi connectivity index (χ3v) is 6.12. The SMILES string of the molecule is NC(=O)Cn1nnnc1SCC1=C(C(=O)O)N2C(=O)[C@@H]3[C@H]2[C@H](C1)CN3C(=O)O. The van der Waals surface area contributed by atoms with Crippen LogP contribution in [0.5, 0.6) is 0 Å². The zero-order chi connectivity index (χ0) is 20.2. The fourth-order valence-electron chi connectivity index (χ4n) is 4.06. The summed E-state index contributed by atoms with van der Waals surface area (Å²) in [5.74, 6) is -2.39. The largest absolute Gasteiger partial charge is 0.477 e. The molecule has 13 nitrogen and oxygen atoms in total.